The van der Waals surface area contributed by atoms with Gasteiger partial charge >= 0.3 is 0 Å². The Hall–Kier alpha value is -3.59. The first-order valence-electron chi connectivity index (χ1n) is 12.3. The average Bonchev–Trinajstić information content (AvgIpc) is 2.89. The minimum atomic E-state index is -0.336. The SMILES string of the molecule is CCCNC(=O)C[C@H]1CC[C@H]2[C@@H](COc3ccc(NC(=O)c4cccc(OC)c4)cc3C(=O)N2C)O1. The zero-order valence-electron chi connectivity index (χ0n) is 20.9. The number of rotatable bonds is 7. The topological polar surface area (TPSA) is 106 Å². The van der Waals surface area contributed by atoms with Crippen LogP contribution in [0.3, 0.4) is 0 Å². The maximum absolute atomic E-state index is 13.4. The van der Waals surface area contributed by atoms with Crippen LogP contribution in [0.4, 0.5) is 5.69 Å². The maximum Gasteiger partial charge on any atom is 0.257 e. The van der Waals surface area contributed by atoms with Gasteiger partial charge in [-0.25, -0.2) is 0 Å². The fraction of sp³-hybridized carbons (Fsp3) is 0.444. The van der Waals surface area contributed by atoms with Gasteiger partial charge in [-0.3, -0.25) is 14.4 Å². The molecule has 9 nitrogen and oxygen atoms in total. The molecule has 2 aromatic carbocycles. The summed E-state index contributed by atoms with van der Waals surface area (Å²) in [6.07, 6.45) is 2.04. The van der Waals surface area contributed by atoms with Crippen molar-refractivity contribution in [1.82, 2.24) is 10.2 Å². The molecule has 1 fully saturated rings. The molecule has 3 amide bonds. The van der Waals surface area contributed by atoms with Crippen LogP contribution in [-0.4, -0.2) is 68.2 Å². The summed E-state index contributed by atoms with van der Waals surface area (Å²) in [5, 5.41) is 5.73. The number of nitrogens with one attached hydrogen (secondary N) is 2. The second kappa shape index (κ2) is 11.4. The molecule has 0 aromatic heterocycles. The molecule has 3 atom stereocenters. The van der Waals surface area contributed by atoms with Gasteiger partial charge in [0.05, 0.1) is 31.2 Å². The molecule has 192 valence electrons. The number of hydrogen-bond acceptors (Lipinski definition) is 6. The summed E-state index contributed by atoms with van der Waals surface area (Å²) in [7, 11) is 3.30. The molecule has 2 N–H and O–H groups in total. The zero-order valence-corrected chi connectivity index (χ0v) is 20.9. The Labute approximate surface area is 211 Å². The number of benzene rings is 2. The van der Waals surface area contributed by atoms with Gasteiger partial charge in [0.25, 0.3) is 11.8 Å². The lowest BCUT2D eigenvalue weighted by Gasteiger charge is -2.42. The first-order valence-corrected chi connectivity index (χ1v) is 12.3. The van der Waals surface area contributed by atoms with E-state index in [2.05, 4.69) is 10.6 Å². The van der Waals surface area contributed by atoms with Crippen molar-refractivity contribution in [3.8, 4) is 11.5 Å². The lowest BCUT2D eigenvalue weighted by molar-refractivity contribution is -0.134. The Morgan fingerprint density at radius 2 is 2.00 bits per heavy atom. The second-order valence-corrected chi connectivity index (χ2v) is 9.12. The number of methoxy groups -OCH3 is 1. The fourth-order valence-electron chi connectivity index (χ4n) is 4.62. The summed E-state index contributed by atoms with van der Waals surface area (Å²) in [6, 6.07) is 11.7. The van der Waals surface area contributed by atoms with Crippen LogP contribution >= 0.6 is 0 Å². The smallest absolute Gasteiger partial charge is 0.257 e. The van der Waals surface area contributed by atoms with Crippen molar-refractivity contribution >= 4 is 23.4 Å². The van der Waals surface area contributed by atoms with E-state index >= 15 is 0 Å². The Bertz CT molecular complexity index is 1120. The number of likely N-dealkylation sites (N-methyl/N-ethyl adjacent to an activating group) is 1. The van der Waals surface area contributed by atoms with Gasteiger partial charge in [-0.15, -0.1) is 0 Å². The quantitative estimate of drug-likeness (QED) is 0.611. The first-order chi connectivity index (χ1) is 17.4. The highest BCUT2D eigenvalue weighted by molar-refractivity contribution is 6.05. The largest absolute Gasteiger partial charge is 0.497 e. The van der Waals surface area contributed by atoms with Crippen molar-refractivity contribution in [2.24, 2.45) is 0 Å². The second-order valence-electron chi connectivity index (χ2n) is 9.12. The number of ether oxygens (including phenoxy) is 3. The van der Waals surface area contributed by atoms with Crippen molar-refractivity contribution in [3.05, 3.63) is 53.6 Å². The lowest BCUT2D eigenvalue weighted by atomic mass is 9.94. The first kappa shape index (κ1) is 25.5. The average molecular weight is 496 g/mol. The fourth-order valence-corrected chi connectivity index (χ4v) is 4.62. The number of fused-ring (bicyclic) bond motifs is 2. The van der Waals surface area contributed by atoms with Crippen LogP contribution in [0.1, 0.15) is 53.3 Å². The van der Waals surface area contributed by atoms with Crippen molar-refractivity contribution in [2.45, 2.75) is 50.9 Å². The molecule has 36 heavy (non-hydrogen) atoms. The summed E-state index contributed by atoms with van der Waals surface area (Å²) >= 11 is 0. The molecule has 9 heteroatoms. The van der Waals surface area contributed by atoms with E-state index in [0.717, 1.165) is 6.42 Å². The predicted octanol–water partition coefficient (Wildman–Crippen LogP) is 3.24. The van der Waals surface area contributed by atoms with Gasteiger partial charge in [0.1, 0.15) is 24.2 Å². The van der Waals surface area contributed by atoms with Crippen molar-refractivity contribution in [1.29, 1.82) is 0 Å². The molecule has 0 aliphatic carbocycles. The van der Waals surface area contributed by atoms with Crippen LogP contribution in [0, 0.1) is 0 Å². The van der Waals surface area contributed by atoms with Crippen LogP contribution in [-0.2, 0) is 9.53 Å². The lowest BCUT2D eigenvalue weighted by Crippen LogP contribution is -2.54. The number of carbonyl (C=O) groups excluding carboxylic acids is 3. The molecule has 0 spiro atoms. The molecule has 0 bridgehead atoms. The van der Waals surface area contributed by atoms with Gasteiger partial charge in [0.2, 0.25) is 5.91 Å². The van der Waals surface area contributed by atoms with Gasteiger partial charge in [-0.1, -0.05) is 13.0 Å². The monoisotopic (exact) mass is 495 g/mol. The molecule has 2 heterocycles. The maximum atomic E-state index is 13.4. The third-order valence-electron chi connectivity index (χ3n) is 6.59. The minimum absolute atomic E-state index is 0.0228. The third-order valence-corrected chi connectivity index (χ3v) is 6.59. The third kappa shape index (κ3) is 5.79. The molecular formula is C27H33N3O6. The summed E-state index contributed by atoms with van der Waals surface area (Å²) in [4.78, 5) is 40.0. The van der Waals surface area contributed by atoms with Crippen molar-refractivity contribution < 1.29 is 28.6 Å². The van der Waals surface area contributed by atoms with Crippen LogP contribution in [0.2, 0.25) is 0 Å². The molecule has 2 aliphatic heterocycles. The Balaban J connectivity index is 1.46. The Kier molecular flexibility index (Phi) is 8.10. The molecule has 2 aliphatic rings. The van der Waals surface area contributed by atoms with Gasteiger partial charge in [-0.05, 0) is 55.7 Å². The zero-order chi connectivity index (χ0) is 25.7. The van der Waals surface area contributed by atoms with Gasteiger partial charge in [0, 0.05) is 24.8 Å². The van der Waals surface area contributed by atoms with Crippen LogP contribution in [0.15, 0.2) is 42.5 Å². The Morgan fingerprint density at radius 1 is 1.17 bits per heavy atom. The molecule has 0 radical (unpaired) electrons. The van der Waals surface area contributed by atoms with Gasteiger partial charge in [0.15, 0.2) is 0 Å². The molecule has 0 unspecified atom stereocenters. The predicted molar refractivity (Wildman–Crippen MR) is 135 cm³/mol. The Morgan fingerprint density at radius 3 is 2.78 bits per heavy atom. The van der Waals surface area contributed by atoms with E-state index in [1.807, 2.05) is 6.92 Å². The highest BCUT2D eigenvalue weighted by Gasteiger charge is 2.39. The van der Waals surface area contributed by atoms with E-state index in [9.17, 15) is 14.4 Å². The number of nitrogens with zero attached hydrogens (tertiary/aromatic N) is 1. The van der Waals surface area contributed by atoms with E-state index in [-0.39, 0.29) is 42.6 Å². The summed E-state index contributed by atoms with van der Waals surface area (Å²) in [5.74, 6) is 0.469. The van der Waals surface area contributed by atoms with E-state index in [0.29, 0.717) is 54.1 Å². The van der Waals surface area contributed by atoms with Crippen molar-refractivity contribution in [2.75, 3.05) is 32.6 Å². The van der Waals surface area contributed by atoms with Gasteiger partial charge < -0.3 is 29.7 Å². The molecule has 4 rings (SSSR count). The standard InChI is InChI=1S/C27H33N3O6/c1-4-12-28-25(31)15-20-9-10-22-24(36-20)16-35-23-11-8-18(14-21(23)27(33)30(22)2)29-26(32)17-6-5-7-19(13-17)34-3/h5-8,11,13-14,20,22,24H,4,9-10,12,15-16H2,1-3H3,(H,28,31)(H,29,32)/t20-,22+,24-/m1/s1. The normalized spacial score (nSPS) is 21.2. The van der Waals surface area contributed by atoms with Crippen LogP contribution in [0.5, 0.6) is 11.5 Å². The van der Waals surface area contributed by atoms with Crippen LogP contribution in [0.25, 0.3) is 0 Å². The highest BCUT2D eigenvalue weighted by atomic mass is 16.5. The van der Waals surface area contributed by atoms with E-state index in [1.54, 1.807) is 61.5 Å². The van der Waals surface area contributed by atoms with E-state index in [1.165, 1.54) is 0 Å². The van der Waals surface area contributed by atoms with E-state index in [4.69, 9.17) is 14.2 Å². The molecule has 1 saturated heterocycles. The summed E-state index contributed by atoms with van der Waals surface area (Å²) in [6.45, 7) is 2.92. The van der Waals surface area contributed by atoms with E-state index < -0.39 is 0 Å². The number of anilines is 1. The number of amides is 3. The van der Waals surface area contributed by atoms with Crippen molar-refractivity contribution in [3.63, 3.8) is 0 Å². The summed E-state index contributed by atoms with van der Waals surface area (Å²) < 4.78 is 17.4. The van der Waals surface area contributed by atoms with Crippen LogP contribution < -0.4 is 20.1 Å². The summed E-state index contributed by atoms with van der Waals surface area (Å²) in [5.41, 5.74) is 1.31. The molecule has 0 saturated carbocycles. The number of carbonyl (C=O) groups is 3. The molecule has 2 aromatic rings. The molecular weight excluding hydrogens is 462 g/mol. The minimum Gasteiger partial charge on any atom is -0.497 e. The number of hydrogen-bond donors (Lipinski definition) is 2. The van der Waals surface area contributed by atoms with Gasteiger partial charge in [-0.2, -0.15) is 0 Å². The highest BCUT2D eigenvalue weighted by Crippen LogP contribution is 2.32.